The number of thiophene rings is 1. The standard InChI is InChI=1S/C12H12O3S/c1-14-10-7-11-8(3-4-16-11)5-9(10)6-12(13)15-2/h3-5,7H,6H2,1-2H3. The maximum atomic E-state index is 11.2. The highest BCUT2D eigenvalue weighted by atomic mass is 32.1. The molecule has 0 spiro atoms. The van der Waals surface area contributed by atoms with Crippen LogP contribution in [-0.4, -0.2) is 20.2 Å². The SMILES string of the molecule is COC(=O)Cc1cc2ccsc2cc1OC. The summed E-state index contributed by atoms with van der Waals surface area (Å²) in [4.78, 5) is 11.2. The number of carbonyl (C=O) groups is 1. The minimum atomic E-state index is -0.257. The van der Waals surface area contributed by atoms with E-state index in [0.29, 0.717) is 0 Å². The Morgan fingerprint density at radius 3 is 2.88 bits per heavy atom. The van der Waals surface area contributed by atoms with Crippen LogP contribution in [0.25, 0.3) is 10.1 Å². The molecule has 1 heterocycles. The lowest BCUT2D eigenvalue weighted by Crippen LogP contribution is -2.05. The molecule has 1 aromatic heterocycles. The van der Waals surface area contributed by atoms with Crippen molar-refractivity contribution < 1.29 is 14.3 Å². The van der Waals surface area contributed by atoms with Gasteiger partial charge in [-0.05, 0) is 29.0 Å². The van der Waals surface area contributed by atoms with E-state index in [1.54, 1.807) is 18.4 Å². The molecule has 0 atom stereocenters. The third-order valence-electron chi connectivity index (χ3n) is 2.42. The molecule has 0 amide bonds. The van der Waals surface area contributed by atoms with Gasteiger partial charge >= 0.3 is 5.97 Å². The van der Waals surface area contributed by atoms with Crippen LogP contribution in [-0.2, 0) is 16.0 Å². The summed E-state index contributed by atoms with van der Waals surface area (Å²) in [6.45, 7) is 0. The summed E-state index contributed by atoms with van der Waals surface area (Å²) in [6.07, 6.45) is 0.242. The third-order valence-corrected chi connectivity index (χ3v) is 3.30. The zero-order chi connectivity index (χ0) is 11.5. The topological polar surface area (TPSA) is 35.5 Å². The monoisotopic (exact) mass is 236 g/mol. The van der Waals surface area contributed by atoms with Gasteiger partial charge in [-0.3, -0.25) is 4.79 Å². The predicted octanol–water partition coefficient (Wildman–Crippen LogP) is 2.63. The van der Waals surface area contributed by atoms with Gasteiger partial charge < -0.3 is 9.47 Å². The van der Waals surface area contributed by atoms with Gasteiger partial charge in [0.2, 0.25) is 0 Å². The number of fused-ring (bicyclic) bond motifs is 1. The van der Waals surface area contributed by atoms with Crippen LogP contribution in [0.3, 0.4) is 0 Å². The summed E-state index contributed by atoms with van der Waals surface area (Å²) in [5.41, 5.74) is 0.861. The molecular weight excluding hydrogens is 224 g/mol. The smallest absolute Gasteiger partial charge is 0.310 e. The van der Waals surface area contributed by atoms with Gasteiger partial charge in [0.1, 0.15) is 5.75 Å². The Morgan fingerprint density at radius 1 is 1.38 bits per heavy atom. The van der Waals surface area contributed by atoms with Gasteiger partial charge in [0.25, 0.3) is 0 Å². The Hall–Kier alpha value is -1.55. The molecular formula is C12H12O3S. The maximum Gasteiger partial charge on any atom is 0.310 e. The zero-order valence-electron chi connectivity index (χ0n) is 9.15. The first-order valence-corrected chi connectivity index (χ1v) is 5.73. The fraction of sp³-hybridized carbons (Fsp3) is 0.250. The first kappa shape index (κ1) is 11.0. The molecule has 4 heteroatoms. The molecule has 1 aromatic carbocycles. The van der Waals surface area contributed by atoms with Crippen molar-refractivity contribution in [1.29, 1.82) is 0 Å². The van der Waals surface area contributed by atoms with Crippen LogP contribution in [0.2, 0.25) is 0 Å². The average molecular weight is 236 g/mol. The third kappa shape index (κ3) is 2.02. The molecule has 0 aliphatic heterocycles. The highest BCUT2D eigenvalue weighted by Gasteiger charge is 2.10. The molecule has 2 rings (SSSR count). The number of rotatable bonds is 3. The van der Waals surface area contributed by atoms with Crippen molar-refractivity contribution in [2.24, 2.45) is 0 Å². The van der Waals surface area contributed by atoms with Crippen LogP contribution in [0.1, 0.15) is 5.56 Å². The zero-order valence-corrected chi connectivity index (χ0v) is 9.97. The van der Waals surface area contributed by atoms with E-state index in [1.807, 2.05) is 23.6 Å². The predicted molar refractivity (Wildman–Crippen MR) is 64.1 cm³/mol. The van der Waals surface area contributed by atoms with E-state index >= 15 is 0 Å². The minimum Gasteiger partial charge on any atom is -0.496 e. The fourth-order valence-corrected chi connectivity index (χ4v) is 2.39. The summed E-state index contributed by atoms with van der Waals surface area (Å²) in [7, 11) is 2.99. The van der Waals surface area contributed by atoms with Gasteiger partial charge in [0, 0.05) is 10.3 Å². The van der Waals surface area contributed by atoms with Gasteiger partial charge in [0.05, 0.1) is 20.6 Å². The molecule has 0 saturated heterocycles. The lowest BCUT2D eigenvalue weighted by Gasteiger charge is -2.07. The molecule has 0 saturated carbocycles. The van der Waals surface area contributed by atoms with E-state index in [2.05, 4.69) is 4.74 Å². The molecule has 0 N–H and O–H groups in total. The lowest BCUT2D eigenvalue weighted by atomic mass is 10.1. The van der Waals surface area contributed by atoms with Crippen molar-refractivity contribution in [1.82, 2.24) is 0 Å². The number of benzene rings is 1. The minimum absolute atomic E-state index is 0.242. The average Bonchev–Trinajstić information content (AvgIpc) is 2.74. The Labute approximate surface area is 97.6 Å². The number of esters is 1. The van der Waals surface area contributed by atoms with E-state index in [4.69, 9.17) is 4.74 Å². The number of hydrogen-bond donors (Lipinski definition) is 0. The highest BCUT2D eigenvalue weighted by molar-refractivity contribution is 7.17. The molecule has 0 fully saturated rings. The number of ether oxygens (including phenoxy) is 2. The van der Waals surface area contributed by atoms with Gasteiger partial charge in [-0.25, -0.2) is 0 Å². The molecule has 84 valence electrons. The molecule has 0 bridgehead atoms. The lowest BCUT2D eigenvalue weighted by molar-refractivity contribution is -0.139. The first-order chi connectivity index (χ1) is 7.74. The summed E-state index contributed by atoms with van der Waals surface area (Å²) in [5.74, 6) is 0.480. The second kappa shape index (κ2) is 4.53. The summed E-state index contributed by atoms with van der Waals surface area (Å²) in [6, 6.07) is 5.96. The van der Waals surface area contributed by atoms with Crippen molar-refractivity contribution in [2.75, 3.05) is 14.2 Å². The Kier molecular flexibility index (Phi) is 3.10. The second-order valence-electron chi connectivity index (χ2n) is 3.38. The molecule has 2 aromatic rings. The van der Waals surface area contributed by atoms with Gasteiger partial charge in [0.15, 0.2) is 0 Å². The summed E-state index contributed by atoms with van der Waals surface area (Å²) < 4.78 is 11.1. The van der Waals surface area contributed by atoms with E-state index in [9.17, 15) is 4.79 Å². The van der Waals surface area contributed by atoms with Crippen molar-refractivity contribution in [3.63, 3.8) is 0 Å². The van der Waals surface area contributed by atoms with Crippen LogP contribution < -0.4 is 4.74 Å². The van der Waals surface area contributed by atoms with Crippen LogP contribution in [0.5, 0.6) is 5.75 Å². The Morgan fingerprint density at radius 2 is 2.19 bits per heavy atom. The molecule has 0 aliphatic rings. The van der Waals surface area contributed by atoms with Crippen molar-refractivity contribution in [3.8, 4) is 5.75 Å². The van der Waals surface area contributed by atoms with E-state index in [1.165, 1.54) is 7.11 Å². The van der Waals surface area contributed by atoms with Crippen molar-refractivity contribution in [3.05, 3.63) is 29.1 Å². The molecule has 16 heavy (non-hydrogen) atoms. The Balaban J connectivity index is 2.44. The fourth-order valence-electron chi connectivity index (χ4n) is 1.59. The molecule has 0 radical (unpaired) electrons. The van der Waals surface area contributed by atoms with E-state index in [-0.39, 0.29) is 12.4 Å². The van der Waals surface area contributed by atoms with Crippen LogP contribution in [0.4, 0.5) is 0 Å². The summed E-state index contributed by atoms with van der Waals surface area (Å²) >= 11 is 1.65. The maximum absolute atomic E-state index is 11.2. The van der Waals surface area contributed by atoms with Gasteiger partial charge in [-0.2, -0.15) is 0 Å². The highest BCUT2D eigenvalue weighted by Crippen LogP contribution is 2.29. The van der Waals surface area contributed by atoms with E-state index < -0.39 is 0 Å². The van der Waals surface area contributed by atoms with Gasteiger partial charge in [-0.1, -0.05) is 0 Å². The van der Waals surface area contributed by atoms with Crippen LogP contribution >= 0.6 is 11.3 Å². The van der Waals surface area contributed by atoms with Crippen LogP contribution in [0.15, 0.2) is 23.6 Å². The normalized spacial score (nSPS) is 10.4. The number of methoxy groups -OCH3 is 2. The number of hydrogen-bond acceptors (Lipinski definition) is 4. The molecule has 3 nitrogen and oxygen atoms in total. The number of carbonyl (C=O) groups excluding carboxylic acids is 1. The second-order valence-corrected chi connectivity index (χ2v) is 4.32. The first-order valence-electron chi connectivity index (χ1n) is 4.85. The molecule has 0 aliphatic carbocycles. The Bertz CT molecular complexity index is 516. The van der Waals surface area contributed by atoms with Crippen molar-refractivity contribution in [2.45, 2.75) is 6.42 Å². The quantitative estimate of drug-likeness (QED) is 0.768. The van der Waals surface area contributed by atoms with Crippen LogP contribution in [0, 0.1) is 0 Å². The summed E-state index contributed by atoms with van der Waals surface area (Å²) in [5, 5.41) is 3.15. The van der Waals surface area contributed by atoms with E-state index in [0.717, 1.165) is 21.4 Å². The van der Waals surface area contributed by atoms with Gasteiger partial charge in [-0.15, -0.1) is 11.3 Å². The molecule has 0 unspecified atom stereocenters. The van der Waals surface area contributed by atoms with Crippen molar-refractivity contribution >= 4 is 27.4 Å². The largest absolute Gasteiger partial charge is 0.496 e.